The van der Waals surface area contributed by atoms with E-state index in [1.54, 1.807) is 0 Å². The van der Waals surface area contributed by atoms with Crippen LogP contribution in [-0.4, -0.2) is 68.2 Å². The maximum atomic E-state index is 6.02. The monoisotopic (exact) mass is 401 g/mol. The molecule has 29 heavy (non-hydrogen) atoms. The molecule has 0 aromatic heterocycles. The number of benzene rings is 1. The first kappa shape index (κ1) is 22.1. The van der Waals surface area contributed by atoms with Crippen molar-refractivity contribution in [2.75, 3.05) is 52.5 Å². The molecule has 2 saturated heterocycles. The van der Waals surface area contributed by atoms with Gasteiger partial charge in [-0.05, 0) is 42.3 Å². The molecule has 2 aliphatic rings. The van der Waals surface area contributed by atoms with Crippen LogP contribution in [0.5, 0.6) is 0 Å². The molecule has 1 aromatic rings. The Morgan fingerprint density at radius 2 is 1.72 bits per heavy atom. The van der Waals surface area contributed by atoms with Crippen molar-refractivity contribution in [3.63, 3.8) is 0 Å². The minimum absolute atomic E-state index is 0.535. The number of aliphatic imine (C=N–C) groups is 1. The van der Waals surface area contributed by atoms with Crippen LogP contribution in [0.3, 0.4) is 0 Å². The number of nitrogens with zero attached hydrogens (tertiary/aromatic N) is 3. The largest absolute Gasteiger partial charge is 0.379 e. The maximum absolute atomic E-state index is 6.02. The van der Waals surface area contributed by atoms with E-state index in [9.17, 15) is 0 Å². The van der Waals surface area contributed by atoms with Crippen molar-refractivity contribution in [1.82, 2.24) is 15.1 Å². The van der Waals surface area contributed by atoms with Gasteiger partial charge in [-0.25, -0.2) is 4.99 Å². The number of rotatable bonds is 8. The Hall–Kier alpha value is -1.63. The highest BCUT2D eigenvalue weighted by atomic mass is 16.5. The molecule has 162 valence electrons. The fourth-order valence-corrected chi connectivity index (χ4v) is 4.51. The van der Waals surface area contributed by atoms with Gasteiger partial charge >= 0.3 is 0 Å². The fourth-order valence-electron chi connectivity index (χ4n) is 4.51. The van der Waals surface area contributed by atoms with Gasteiger partial charge in [0.25, 0.3) is 0 Å². The fraction of sp³-hybridized carbons (Fsp3) is 0.696. The SMILES string of the molecule is CC1CC(C)CN(Cc2ccc(CN=C(N)NCCCN3CCOCC3)cc2)C1. The number of nitrogens with one attached hydrogen (secondary N) is 1. The molecule has 0 amide bonds. The van der Waals surface area contributed by atoms with E-state index in [1.807, 2.05) is 0 Å². The lowest BCUT2D eigenvalue weighted by Crippen LogP contribution is -2.39. The molecule has 3 N–H and O–H groups in total. The minimum atomic E-state index is 0.535. The van der Waals surface area contributed by atoms with Crippen molar-refractivity contribution in [3.05, 3.63) is 35.4 Å². The highest BCUT2D eigenvalue weighted by Gasteiger charge is 2.21. The Labute approximate surface area is 176 Å². The zero-order chi connectivity index (χ0) is 20.5. The molecule has 2 aliphatic heterocycles. The number of likely N-dealkylation sites (tertiary alicyclic amines) is 1. The second kappa shape index (κ2) is 11.5. The van der Waals surface area contributed by atoms with Crippen LogP contribution in [0.2, 0.25) is 0 Å². The smallest absolute Gasteiger partial charge is 0.188 e. The Morgan fingerprint density at radius 1 is 1.07 bits per heavy atom. The molecule has 2 heterocycles. The average Bonchev–Trinajstić information content (AvgIpc) is 2.71. The van der Waals surface area contributed by atoms with Crippen molar-refractivity contribution in [2.45, 2.75) is 39.8 Å². The molecule has 2 fully saturated rings. The Kier molecular flexibility index (Phi) is 8.77. The Bertz CT molecular complexity index is 617. The van der Waals surface area contributed by atoms with E-state index in [-0.39, 0.29) is 0 Å². The normalized spacial score (nSPS) is 24.6. The molecule has 6 heteroatoms. The summed E-state index contributed by atoms with van der Waals surface area (Å²) in [7, 11) is 0. The summed E-state index contributed by atoms with van der Waals surface area (Å²) >= 11 is 0. The van der Waals surface area contributed by atoms with Crippen molar-refractivity contribution in [3.8, 4) is 0 Å². The second-order valence-electron chi connectivity index (χ2n) is 8.89. The zero-order valence-corrected chi connectivity index (χ0v) is 18.3. The third-order valence-corrected chi connectivity index (χ3v) is 5.87. The van der Waals surface area contributed by atoms with Crippen LogP contribution in [0.25, 0.3) is 0 Å². The van der Waals surface area contributed by atoms with E-state index in [0.29, 0.717) is 12.5 Å². The number of guanidine groups is 1. The standard InChI is InChI=1S/C23H39N5O/c1-19-14-20(2)17-28(16-19)18-22-6-4-21(5-7-22)15-26-23(24)25-8-3-9-27-10-12-29-13-11-27/h4-7,19-20H,3,8-18H2,1-2H3,(H3,24,25,26). The quantitative estimate of drug-likeness (QED) is 0.397. The molecular formula is C23H39N5O. The van der Waals surface area contributed by atoms with Crippen molar-refractivity contribution in [1.29, 1.82) is 0 Å². The topological polar surface area (TPSA) is 66.1 Å². The predicted octanol–water partition coefficient (Wildman–Crippen LogP) is 2.29. The summed E-state index contributed by atoms with van der Waals surface area (Å²) in [6, 6.07) is 8.84. The predicted molar refractivity (Wildman–Crippen MR) is 120 cm³/mol. The summed E-state index contributed by atoms with van der Waals surface area (Å²) < 4.78 is 5.37. The molecule has 0 radical (unpaired) electrons. The summed E-state index contributed by atoms with van der Waals surface area (Å²) in [5.41, 5.74) is 8.60. The van der Waals surface area contributed by atoms with Crippen LogP contribution in [0.15, 0.2) is 29.3 Å². The van der Waals surface area contributed by atoms with Gasteiger partial charge < -0.3 is 15.8 Å². The third-order valence-electron chi connectivity index (χ3n) is 5.87. The van der Waals surface area contributed by atoms with Crippen molar-refractivity contribution in [2.24, 2.45) is 22.6 Å². The van der Waals surface area contributed by atoms with Gasteiger partial charge in [0.2, 0.25) is 0 Å². The number of piperidine rings is 1. The van der Waals surface area contributed by atoms with Gasteiger partial charge in [0.15, 0.2) is 5.96 Å². The molecule has 3 rings (SSSR count). The number of ether oxygens (including phenoxy) is 1. The first-order valence-electron chi connectivity index (χ1n) is 11.2. The van der Waals surface area contributed by atoms with E-state index in [2.05, 4.69) is 58.2 Å². The molecule has 2 unspecified atom stereocenters. The highest BCUT2D eigenvalue weighted by Crippen LogP contribution is 2.22. The third kappa shape index (κ3) is 7.96. The van der Waals surface area contributed by atoms with Gasteiger partial charge in [0, 0.05) is 39.3 Å². The van der Waals surface area contributed by atoms with Crippen LogP contribution in [0.4, 0.5) is 0 Å². The van der Waals surface area contributed by atoms with E-state index in [1.165, 1.54) is 30.6 Å². The molecule has 1 aromatic carbocycles. The molecule has 0 spiro atoms. The van der Waals surface area contributed by atoms with Gasteiger partial charge in [0.05, 0.1) is 19.8 Å². The van der Waals surface area contributed by atoms with E-state index < -0.39 is 0 Å². The van der Waals surface area contributed by atoms with Crippen LogP contribution in [0.1, 0.15) is 37.8 Å². The van der Waals surface area contributed by atoms with E-state index in [4.69, 9.17) is 10.5 Å². The Balaban J connectivity index is 1.35. The number of hydrogen-bond donors (Lipinski definition) is 2. The summed E-state index contributed by atoms with van der Waals surface area (Å²) in [5, 5.41) is 3.23. The van der Waals surface area contributed by atoms with Gasteiger partial charge in [-0.1, -0.05) is 38.1 Å². The first-order valence-corrected chi connectivity index (χ1v) is 11.2. The summed E-state index contributed by atoms with van der Waals surface area (Å²) in [6.45, 7) is 14.6. The zero-order valence-electron chi connectivity index (χ0n) is 18.3. The minimum Gasteiger partial charge on any atom is -0.379 e. The van der Waals surface area contributed by atoms with Crippen LogP contribution < -0.4 is 11.1 Å². The summed E-state index contributed by atoms with van der Waals surface area (Å²) in [5.74, 6) is 2.14. The summed E-state index contributed by atoms with van der Waals surface area (Å²) in [4.78, 5) is 9.51. The van der Waals surface area contributed by atoms with Crippen LogP contribution >= 0.6 is 0 Å². The summed E-state index contributed by atoms with van der Waals surface area (Å²) in [6.07, 6.45) is 2.43. The molecular weight excluding hydrogens is 362 g/mol. The number of hydrogen-bond acceptors (Lipinski definition) is 4. The lowest BCUT2D eigenvalue weighted by molar-refractivity contribution is 0.0376. The molecule has 2 atom stereocenters. The van der Waals surface area contributed by atoms with Gasteiger partial charge in [0.1, 0.15) is 0 Å². The molecule has 0 aliphatic carbocycles. The van der Waals surface area contributed by atoms with Gasteiger partial charge in [-0.15, -0.1) is 0 Å². The van der Waals surface area contributed by atoms with Crippen LogP contribution in [0, 0.1) is 11.8 Å². The molecule has 0 bridgehead atoms. The van der Waals surface area contributed by atoms with Gasteiger partial charge in [-0.3, -0.25) is 9.80 Å². The number of morpholine rings is 1. The van der Waals surface area contributed by atoms with Crippen LogP contribution in [-0.2, 0) is 17.8 Å². The average molecular weight is 402 g/mol. The van der Waals surface area contributed by atoms with E-state index in [0.717, 1.165) is 64.2 Å². The van der Waals surface area contributed by atoms with E-state index >= 15 is 0 Å². The molecule has 6 nitrogen and oxygen atoms in total. The number of nitrogens with two attached hydrogens (primary N) is 1. The lowest BCUT2D eigenvalue weighted by atomic mass is 9.91. The second-order valence-corrected chi connectivity index (χ2v) is 8.89. The maximum Gasteiger partial charge on any atom is 0.188 e. The van der Waals surface area contributed by atoms with Crippen molar-refractivity contribution < 1.29 is 4.74 Å². The molecule has 0 saturated carbocycles. The first-order chi connectivity index (χ1) is 14.1. The lowest BCUT2D eigenvalue weighted by Gasteiger charge is -2.35. The highest BCUT2D eigenvalue weighted by molar-refractivity contribution is 5.77. The van der Waals surface area contributed by atoms with Crippen molar-refractivity contribution >= 4 is 5.96 Å². The van der Waals surface area contributed by atoms with Gasteiger partial charge in [-0.2, -0.15) is 0 Å². The Morgan fingerprint density at radius 3 is 2.41 bits per heavy atom.